The van der Waals surface area contributed by atoms with Crippen LogP contribution in [0.25, 0.3) is 10.8 Å². The Hall–Kier alpha value is -2.90. The molecule has 0 aliphatic carbocycles. The first-order chi connectivity index (χ1) is 11.3. The van der Waals surface area contributed by atoms with Gasteiger partial charge in [-0.2, -0.15) is 0 Å². The summed E-state index contributed by atoms with van der Waals surface area (Å²) >= 11 is 0. The summed E-state index contributed by atoms with van der Waals surface area (Å²) in [7, 11) is 0. The topological polar surface area (TPSA) is 121 Å². The number of carboxylic acid groups (broad SMARTS) is 1. The Morgan fingerprint density at radius 1 is 1.21 bits per heavy atom. The summed E-state index contributed by atoms with van der Waals surface area (Å²) in [6.45, 7) is 3.32. The normalized spacial score (nSPS) is 12.3. The van der Waals surface area contributed by atoms with Crippen LogP contribution in [-0.2, 0) is 16.1 Å². The first-order valence-electron chi connectivity index (χ1n) is 7.55. The van der Waals surface area contributed by atoms with E-state index in [4.69, 9.17) is 5.11 Å². The van der Waals surface area contributed by atoms with Gasteiger partial charge in [-0.15, -0.1) is 0 Å². The van der Waals surface area contributed by atoms with Crippen LogP contribution in [0.2, 0.25) is 0 Å². The Balaban J connectivity index is 2.15. The van der Waals surface area contributed by atoms with E-state index in [0.717, 1.165) is 4.68 Å². The molecule has 0 aliphatic rings. The molecule has 3 N–H and O–H groups in total. The highest BCUT2D eigenvalue weighted by Gasteiger charge is 2.23. The van der Waals surface area contributed by atoms with Gasteiger partial charge in [-0.25, -0.2) is 9.48 Å². The molecule has 0 radical (unpaired) electrons. The molecular weight excluding hydrogens is 314 g/mol. The summed E-state index contributed by atoms with van der Waals surface area (Å²) < 4.78 is 1.06. The number of H-pyrrole nitrogens is 1. The van der Waals surface area contributed by atoms with Crippen molar-refractivity contribution in [3.63, 3.8) is 0 Å². The molecule has 128 valence electrons. The van der Waals surface area contributed by atoms with Gasteiger partial charge in [0.05, 0.1) is 17.3 Å². The van der Waals surface area contributed by atoms with Crippen LogP contribution in [0.4, 0.5) is 0 Å². The van der Waals surface area contributed by atoms with E-state index in [1.807, 2.05) is 0 Å². The minimum Gasteiger partial charge on any atom is -0.480 e. The van der Waals surface area contributed by atoms with E-state index >= 15 is 0 Å². The van der Waals surface area contributed by atoms with Crippen LogP contribution < -0.4 is 16.4 Å². The smallest absolute Gasteiger partial charge is 0.326 e. The van der Waals surface area contributed by atoms with Crippen LogP contribution in [-0.4, -0.2) is 32.8 Å². The molecule has 8 nitrogen and oxygen atoms in total. The summed E-state index contributed by atoms with van der Waals surface area (Å²) in [4.78, 5) is 47.3. The number of amides is 1. The van der Waals surface area contributed by atoms with Crippen molar-refractivity contribution < 1.29 is 14.7 Å². The number of carbonyl (C=O) groups excluding carboxylic acids is 1. The molecule has 8 heteroatoms. The van der Waals surface area contributed by atoms with Crippen LogP contribution in [0.5, 0.6) is 0 Å². The van der Waals surface area contributed by atoms with Crippen molar-refractivity contribution in [1.29, 1.82) is 0 Å². The lowest BCUT2D eigenvalue weighted by atomic mass is 10.0. The van der Waals surface area contributed by atoms with Crippen LogP contribution in [0.15, 0.2) is 33.9 Å². The van der Waals surface area contributed by atoms with Gasteiger partial charge in [-0.1, -0.05) is 26.0 Å². The second-order valence-electron chi connectivity index (χ2n) is 5.82. The van der Waals surface area contributed by atoms with E-state index in [0.29, 0.717) is 0 Å². The Kier molecular flexibility index (Phi) is 5.18. The average Bonchev–Trinajstić information content (AvgIpc) is 2.54. The molecule has 1 amide bonds. The molecule has 1 aromatic carbocycles. The number of aromatic amines is 1. The predicted molar refractivity (Wildman–Crippen MR) is 87.9 cm³/mol. The highest BCUT2D eigenvalue weighted by molar-refractivity contribution is 5.83. The van der Waals surface area contributed by atoms with Crippen molar-refractivity contribution in [2.45, 2.75) is 32.9 Å². The van der Waals surface area contributed by atoms with E-state index in [1.54, 1.807) is 38.1 Å². The largest absolute Gasteiger partial charge is 0.480 e. The van der Waals surface area contributed by atoms with Crippen molar-refractivity contribution in [2.75, 3.05) is 0 Å². The van der Waals surface area contributed by atoms with Gasteiger partial charge in [0, 0.05) is 6.42 Å². The molecule has 2 aromatic rings. The number of benzene rings is 1. The zero-order chi connectivity index (χ0) is 17.9. The van der Waals surface area contributed by atoms with Crippen molar-refractivity contribution in [1.82, 2.24) is 15.1 Å². The third kappa shape index (κ3) is 3.70. The second kappa shape index (κ2) is 7.12. The zero-order valence-electron chi connectivity index (χ0n) is 13.4. The quantitative estimate of drug-likeness (QED) is 0.702. The number of hydrogen-bond donors (Lipinski definition) is 3. The standard InChI is InChI=1S/C16H19N3O5/c1-9(2)13(16(23)24)17-12(20)7-8-19-15(22)11-6-4-3-5-10(11)14(21)18-19/h3-6,9,13H,7-8H2,1-2H3,(H,17,20)(H,18,21)(H,23,24)/t13-/m0/s1. The number of aryl methyl sites for hydroxylation is 1. The number of aliphatic carboxylic acids is 1. The lowest BCUT2D eigenvalue weighted by Crippen LogP contribution is -2.44. The van der Waals surface area contributed by atoms with Crippen molar-refractivity contribution >= 4 is 22.6 Å². The predicted octanol–water partition coefficient (Wildman–Crippen LogP) is 0.305. The number of nitrogens with zero attached hydrogens (tertiary/aromatic N) is 1. The molecule has 0 unspecified atom stereocenters. The third-order valence-corrected chi connectivity index (χ3v) is 3.70. The first-order valence-corrected chi connectivity index (χ1v) is 7.55. The SMILES string of the molecule is CC(C)[C@H](NC(=O)CCn1[nH]c(=O)c2ccccc2c1=O)C(=O)O. The molecule has 0 spiro atoms. The Labute approximate surface area is 137 Å². The number of rotatable bonds is 6. The zero-order valence-corrected chi connectivity index (χ0v) is 13.4. The monoisotopic (exact) mass is 333 g/mol. The number of fused-ring (bicyclic) bond motifs is 1. The molecule has 1 aromatic heterocycles. The van der Waals surface area contributed by atoms with Crippen LogP contribution in [0, 0.1) is 5.92 Å². The first kappa shape index (κ1) is 17.5. The molecule has 1 atom stereocenters. The third-order valence-electron chi connectivity index (χ3n) is 3.70. The van der Waals surface area contributed by atoms with E-state index < -0.39 is 29.0 Å². The summed E-state index contributed by atoms with van der Waals surface area (Å²) in [5.41, 5.74) is -0.826. The Morgan fingerprint density at radius 2 is 1.83 bits per heavy atom. The fourth-order valence-corrected chi connectivity index (χ4v) is 2.38. The molecular formula is C16H19N3O5. The molecule has 0 saturated heterocycles. The number of nitrogens with one attached hydrogen (secondary N) is 2. The summed E-state index contributed by atoms with van der Waals surface area (Å²) in [5, 5.41) is 14.5. The number of carboxylic acids is 1. The number of hydrogen-bond acceptors (Lipinski definition) is 4. The molecule has 0 fully saturated rings. The summed E-state index contributed by atoms with van der Waals surface area (Å²) in [5.74, 6) is -1.89. The fourth-order valence-electron chi connectivity index (χ4n) is 2.38. The minimum atomic E-state index is -1.12. The Morgan fingerprint density at radius 3 is 2.42 bits per heavy atom. The Bertz CT molecular complexity index is 881. The molecule has 1 heterocycles. The van der Waals surface area contributed by atoms with E-state index in [2.05, 4.69) is 10.4 Å². The lowest BCUT2D eigenvalue weighted by Gasteiger charge is -2.18. The lowest BCUT2D eigenvalue weighted by molar-refractivity contribution is -0.143. The van der Waals surface area contributed by atoms with Crippen LogP contribution in [0.1, 0.15) is 20.3 Å². The van der Waals surface area contributed by atoms with Crippen LogP contribution >= 0.6 is 0 Å². The van der Waals surface area contributed by atoms with Crippen LogP contribution in [0.3, 0.4) is 0 Å². The maximum atomic E-state index is 12.3. The molecule has 0 bridgehead atoms. The molecule has 24 heavy (non-hydrogen) atoms. The molecule has 0 saturated carbocycles. The van der Waals surface area contributed by atoms with Gasteiger partial charge in [0.1, 0.15) is 6.04 Å². The maximum absolute atomic E-state index is 12.3. The minimum absolute atomic E-state index is 0.0465. The molecule has 0 aliphatic heterocycles. The van der Waals surface area contributed by atoms with Gasteiger partial charge >= 0.3 is 5.97 Å². The van der Waals surface area contributed by atoms with E-state index in [9.17, 15) is 19.2 Å². The van der Waals surface area contributed by atoms with Gasteiger partial charge in [-0.05, 0) is 18.1 Å². The van der Waals surface area contributed by atoms with Crippen molar-refractivity contribution in [3.8, 4) is 0 Å². The summed E-state index contributed by atoms with van der Waals surface area (Å²) in [6, 6.07) is 5.41. The van der Waals surface area contributed by atoms with E-state index in [1.165, 1.54) is 0 Å². The van der Waals surface area contributed by atoms with Gasteiger partial charge in [0.2, 0.25) is 5.91 Å². The van der Waals surface area contributed by atoms with Crippen molar-refractivity contribution in [3.05, 3.63) is 45.0 Å². The number of aromatic nitrogens is 2. The molecule has 2 rings (SSSR count). The maximum Gasteiger partial charge on any atom is 0.326 e. The average molecular weight is 333 g/mol. The fraction of sp³-hybridized carbons (Fsp3) is 0.375. The number of carbonyl (C=O) groups is 2. The van der Waals surface area contributed by atoms with Gasteiger partial charge in [0.15, 0.2) is 0 Å². The highest BCUT2D eigenvalue weighted by Crippen LogP contribution is 2.04. The van der Waals surface area contributed by atoms with Gasteiger partial charge in [0.25, 0.3) is 11.1 Å². The van der Waals surface area contributed by atoms with Crippen molar-refractivity contribution in [2.24, 2.45) is 5.92 Å². The second-order valence-corrected chi connectivity index (χ2v) is 5.82. The van der Waals surface area contributed by atoms with Gasteiger partial charge in [-0.3, -0.25) is 19.5 Å². The van der Waals surface area contributed by atoms with E-state index in [-0.39, 0.29) is 29.7 Å². The van der Waals surface area contributed by atoms with Gasteiger partial charge < -0.3 is 10.4 Å². The summed E-state index contributed by atoms with van der Waals surface area (Å²) in [6.07, 6.45) is -0.120. The highest BCUT2D eigenvalue weighted by atomic mass is 16.4.